The summed E-state index contributed by atoms with van der Waals surface area (Å²) in [6.07, 6.45) is 2.46. The van der Waals surface area contributed by atoms with Crippen molar-refractivity contribution in [1.82, 2.24) is 30.2 Å². The molecule has 3 unspecified atom stereocenters. The van der Waals surface area contributed by atoms with Gasteiger partial charge in [-0.05, 0) is 62.0 Å². The van der Waals surface area contributed by atoms with Crippen LogP contribution in [0.25, 0.3) is 0 Å². The maximum absolute atomic E-state index is 12.1. The zero-order valence-electron chi connectivity index (χ0n) is 22.9. The summed E-state index contributed by atoms with van der Waals surface area (Å²) < 4.78 is 5.97. The van der Waals surface area contributed by atoms with E-state index in [1.54, 1.807) is 38.2 Å². The van der Waals surface area contributed by atoms with Gasteiger partial charge < -0.3 is 30.1 Å². The highest BCUT2D eigenvalue weighted by molar-refractivity contribution is 5.74. The van der Waals surface area contributed by atoms with E-state index in [2.05, 4.69) is 31.4 Å². The molecule has 0 spiro atoms. The van der Waals surface area contributed by atoms with Crippen molar-refractivity contribution in [3.8, 4) is 11.8 Å². The van der Waals surface area contributed by atoms with E-state index in [0.717, 1.165) is 72.0 Å². The van der Waals surface area contributed by atoms with Gasteiger partial charge in [-0.1, -0.05) is 0 Å². The van der Waals surface area contributed by atoms with Gasteiger partial charge in [-0.2, -0.15) is 5.26 Å². The summed E-state index contributed by atoms with van der Waals surface area (Å²) >= 11 is 0. The molecule has 3 aliphatic heterocycles. The van der Waals surface area contributed by atoms with Crippen molar-refractivity contribution in [2.75, 3.05) is 85.6 Å². The Bertz CT molecular complexity index is 944. The number of hydrogen-bond donors (Lipinski definition) is 2. The quantitative estimate of drug-likeness (QED) is 0.471. The van der Waals surface area contributed by atoms with Gasteiger partial charge in [0.05, 0.1) is 17.7 Å². The Kier molecular flexibility index (Phi) is 10.2. The summed E-state index contributed by atoms with van der Waals surface area (Å²) in [5.74, 6) is 2.19. The zero-order valence-corrected chi connectivity index (χ0v) is 22.9. The fourth-order valence-corrected chi connectivity index (χ4v) is 6.16. The van der Waals surface area contributed by atoms with E-state index < -0.39 is 0 Å². The minimum atomic E-state index is -0.204. The fourth-order valence-electron chi connectivity index (χ4n) is 6.16. The predicted molar refractivity (Wildman–Crippen MR) is 146 cm³/mol. The SMILES string of the molecule is CNC(=O)NC(COc1ccc(C#N)cc1)CN1CC2CC(CN(CCCN3CCN(C(C)=O)CC3)C2)C1. The second-order valence-electron chi connectivity index (χ2n) is 11.0. The molecular weight excluding hydrogens is 482 g/mol. The number of piperazine rings is 1. The number of carbonyl (C=O) groups is 2. The molecule has 0 aliphatic carbocycles. The summed E-state index contributed by atoms with van der Waals surface area (Å²) in [6.45, 7) is 13.1. The Labute approximate surface area is 226 Å². The van der Waals surface area contributed by atoms with Crippen LogP contribution in [0.3, 0.4) is 0 Å². The molecule has 2 bridgehead atoms. The van der Waals surface area contributed by atoms with Crippen LogP contribution in [-0.4, -0.2) is 123 Å². The van der Waals surface area contributed by atoms with Crippen LogP contribution in [-0.2, 0) is 4.79 Å². The molecule has 1 aromatic rings. The van der Waals surface area contributed by atoms with E-state index >= 15 is 0 Å². The van der Waals surface area contributed by atoms with Crippen LogP contribution in [0.4, 0.5) is 4.79 Å². The van der Waals surface area contributed by atoms with Gasteiger partial charge in [0.1, 0.15) is 12.4 Å². The molecule has 3 amide bonds. The number of piperidine rings is 2. The van der Waals surface area contributed by atoms with Crippen LogP contribution < -0.4 is 15.4 Å². The van der Waals surface area contributed by atoms with Crippen molar-refractivity contribution in [2.24, 2.45) is 11.8 Å². The Balaban J connectivity index is 1.20. The molecule has 3 fully saturated rings. The van der Waals surface area contributed by atoms with Crippen molar-refractivity contribution in [2.45, 2.75) is 25.8 Å². The largest absolute Gasteiger partial charge is 0.491 e. The number of nitrogens with zero attached hydrogens (tertiary/aromatic N) is 5. The Hall–Kier alpha value is -2.87. The third-order valence-electron chi connectivity index (χ3n) is 7.97. The highest BCUT2D eigenvalue weighted by Crippen LogP contribution is 2.29. The first-order valence-corrected chi connectivity index (χ1v) is 14.0. The molecule has 3 atom stereocenters. The number of nitriles is 1. The van der Waals surface area contributed by atoms with Gasteiger partial charge in [-0.15, -0.1) is 0 Å². The van der Waals surface area contributed by atoms with Gasteiger partial charge in [0.25, 0.3) is 0 Å². The van der Waals surface area contributed by atoms with E-state index in [9.17, 15) is 9.59 Å². The monoisotopic (exact) mass is 525 g/mol. The Morgan fingerprint density at radius 1 is 1.00 bits per heavy atom. The Morgan fingerprint density at radius 3 is 2.24 bits per heavy atom. The Morgan fingerprint density at radius 2 is 1.63 bits per heavy atom. The second-order valence-corrected chi connectivity index (χ2v) is 11.0. The first-order valence-electron chi connectivity index (χ1n) is 14.0. The standard InChI is InChI=1S/C28H43N7O3/c1-22(36)35-12-10-32(11-13-35)8-3-9-33-16-24-14-25(17-33)19-34(18-24)20-26(31-28(37)30-2)21-38-27-6-4-23(15-29)5-7-27/h4-7,24-26H,3,8-14,16-21H2,1-2H3,(H2,30,31,37). The lowest BCUT2D eigenvalue weighted by Crippen LogP contribution is -2.57. The van der Waals surface area contributed by atoms with E-state index in [1.807, 2.05) is 4.90 Å². The van der Waals surface area contributed by atoms with Crippen molar-refractivity contribution in [3.05, 3.63) is 29.8 Å². The van der Waals surface area contributed by atoms with Gasteiger partial charge in [0.15, 0.2) is 0 Å². The van der Waals surface area contributed by atoms with Crippen molar-refractivity contribution in [3.63, 3.8) is 0 Å². The van der Waals surface area contributed by atoms with Crippen molar-refractivity contribution in [1.29, 1.82) is 5.26 Å². The highest BCUT2D eigenvalue weighted by Gasteiger charge is 2.35. The number of likely N-dealkylation sites (tertiary alicyclic amines) is 2. The minimum Gasteiger partial charge on any atom is -0.491 e. The summed E-state index contributed by atoms with van der Waals surface area (Å²) in [4.78, 5) is 33.2. The van der Waals surface area contributed by atoms with Crippen LogP contribution >= 0.6 is 0 Å². The third kappa shape index (κ3) is 8.32. The van der Waals surface area contributed by atoms with Crippen LogP contribution in [0, 0.1) is 23.2 Å². The number of amides is 3. The molecule has 10 heteroatoms. The minimum absolute atomic E-state index is 0.135. The first-order chi connectivity index (χ1) is 18.4. The van der Waals surface area contributed by atoms with Gasteiger partial charge in [-0.3, -0.25) is 9.69 Å². The number of ether oxygens (including phenoxy) is 1. The number of hydrogen-bond acceptors (Lipinski definition) is 7. The molecule has 3 heterocycles. The topological polar surface area (TPSA) is 104 Å². The molecule has 0 radical (unpaired) electrons. The average molecular weight is 526 g/mol. The third-order valence-corrected chi connectivity index (χ3v) is 7.97. The lowest BCUT2D eigenvalue weighted by molar-refractivity contribution is -0.130. The van der Waals surface area contributed by atoms with Crippen molar-refractivity contribution >= 4 is 11.9 Å². The number of fused-ring (bicyclic) bond motifs is 2. The molecule has 10 nitrogen and oxygen atoms in total. The first kappa shape index (κ1) is 28.1. The van der Waals surface area contributed by atoms with Gasteiger partial charge >= 0.3 is 6.03 Å². The maximum Gasteiger partial charge on any atom is 0.314 e. The lowest BCUT2D eigenvalue weighted by atomic mass is 9.84. The lowest BCUT2D eigenvalue weighted by Gasteiger charge is -2.46. The molecular formula is C28H43N7O3. The maximum atomic E-state index is 12.1. The summed E-state index contributed by atoms with van der Waals surface area (Å²) in [7, 11) is 1.62. The highest BCUT2D eigenvalue weighted by atomic mass is 16.5. The number of nitrogens with one attached hydrogen (secondary N) is 2. The molecule has 38 heavy (non-hydrogen) atoms. The molecule has 1 aromatic carbocycles. The molecule has 3 aliphatic rings. The number of benzene rings is 1. The number of rotatable bonds is 10. The fraction of sp³-hybridized carbons (Fsp3) is 0.679. The summed E-state index contributed by atoms with van der Waals surface area (Å²) in [6, 6.07) is 8.84. The van der Waals surface area contributed by atoms with Gasteiger partial charge in [0.2, 0.25) is 5.91 Å². The van der Waals surface area contributed by atoms with Crippen LogP contribution in [0.15, 0.2) is 24.3 Å². The van der Waals surface area contributed by atoms with E-state index in [0.29, 0.717) is 29.8 Å². The van der Waals surface area contributed by atoms with Crippen LogP contribution in [0.2, 0.25) is 0 Å². The van der Waals surface area contributed by atoms with Gasteiger partial charge in [-0.25, -0.2) is 4.79 Å². The molecule has 0 saturated carbocycles. The smallest absolute Gasteiger partial charge is 0.314 e. The predicted octanol–water partition coefficient (Wildman–Crippen LogP) is 1.04. The van der Waals surface area contributed by atoms with Gasteiger partial charge in [0, 0.05) is 72.9 Å². The van der Waals surface area contributed by atoms with E-state index in [1.165, 1.54) is 12.8 Å². The molecule has 2 N–H and O–H groups in total. The molecule has 4 rings (SSSR count). The van der Waals surface area contributed by atoms with E-state index in [-0.39, 0.29) is 18.0 Å². The van der Waals surface area contributed by atoms with Crippen LogP contribution in [0.5, 0.6) is 5.75 Å². The number of carbonyl (C=O) groups excluding carboxylic acids is 2. The molecule has 0 aromatic heterocycles. The molecule has 208 valence electrons. The second kappa shape index (κ2) is 13.8. The zero-order chi connectivity index (χ0) is 26.9. The normalized spacial score (nSPS) is 23.3. The van der Waals surface area contributed by atoms with E-state index in [4.69, 9.17) is 10.00 Å². The molecule has 3 saturated heterocycles. The summed E-state index contributed by atoms with van der Waals surface area (Å²) in [5, 5.41) is 14.7. The van der Waals surface area contributed by atoms with Crippen molar-refractivity contribution < 1.29 is 14.3 Å². The van der Waals surface area contributed by atoms with Crippen LogP contribution in [0.1, 0.15) is 25.3 Å². The average Bonchev–Trinajstić information content (AvgIpc) is 2.91. The number of urea groups is 1. The summed E-state index contributed by atoms with van der Waals surface area (Å²) in [5.41, 5.74) is 0.596.